The average molecular weight is 526 g/mol. The van der Waals surface area contributed by atoms with Crippen LogP contribution in [0, 0.1) is 11.3 Å². The molecule has 3 aromatic rings. The molecule has 2 aliphatic carbocycles. The molecule has 1 aromatic carbocycles. The number of likely N-dealkylation sites (tertiary alicyclic amines) is 1. The monoisotopic (exact) mass is 525 g/mol. The standard InChI is InChI=1S/C27H33F2N7O2/c1-35-7-5-20(6-8-35)34-25(37)18-3-4-19(22(9-18)38-2)14-36-23-21(13-33-36)31-16-32-24(23)30-12-17-10-26(11-17)15-27(26,28)29/h3-4,9,13,16-17,20H,5-8,10-12,14-15H2,1-2H3,(H,34,37)(H,30,31,32). The number of hydrogen-bond acceptors (Lipinski definition) is 7. The van der Waals surface area contributed by atoms with Gasteiger partial charge in [0.15, 0.2) is 5.82 Å². The molecular weight excluding hydrogens is 492 g/mol. The molecular formula is C27H33F2N7O2. The van der Waals surface area contributed by atoms with E-state index in [1.54, 1.807) is 24.1 Å². The molecule has 0 radical (unpaired) electrons. The van der Waals surface area contributed by atoms with Crippen molar-refractivity contribution in [3.63, 3.8) is 0 Å². The van der Waals surface area contributed by atoms with E-state index in [1.165, 1.54) is 6.33 Å². The van der Waals surface area contributed by atoms with Gasteiger partial charge in [-0.2, -0.15) is 5.10 Å². The Morgan fingerprint density at radius 2 is 1.97 bits per heavy atom. The van der Waals surface area contributed by atoms with E-state index in [0.717, 1.165) is 37.0 Å². The lowest BCUT2D eigenvalue weighted by Gasteiger charge is -2.36. The normalized spacial score (nSPS) is 24.8. The van der Waals surface area contributed by atoms with Gasteiger partial charge in [-0.1, -0.05) is 6.07 Å². The third kappa shape index (κ3) is 4.57. The molecule has 202 valence electrons. The van der Waals surface area contributed by atoms with Gasteiger partial charge in [0.1, 0.15) is 23.1 Å². The van der Waals surface area contributed by atoms with Crippen molar-refractivity contribution in [3.05, 3.63) is 41.9 Å². The minimum Gasteiger partial charge on any atom is -0.496 e. The first-order valence-electron chi connectivity index (χ1n) is 13.2. The van der Waals surface area contributed by atoms with Gasteiger partial charge < -0.3 is 20.3 Å². The van der Waals surface area contributed by atoms with Gasteiger partial charge in [0, 0.05) is 35.5 Å². The van der Waals surface area contributed by atoms with Crippen molar-refractivity contribution in [2.45, 2.75) is 50.6 Å². The topological polar surface area (TPSA) is 97.2 Å². The lowest BCUT2D eigenvalue weighted by Crippen LogP contribution is -2.43. The van der Waals surface area contributed by atoms with Crippen LogP contribution in [0.1, 0.15) is 48.0 Å². The SMILES string of the molecule is COc1cc(C(=O)NC2CCN(C)CC2)ccc1Cn1ncc2ncnc(NCC3CC4(C3)CC4(F)F)c21. The van der Waals surface area contributed by atoms with Gasteiger partial charge in [0.05, 0.1) is 19.9 Å². The Hall–Kier alpha value is -3.34. The summed E-state index contributed by atoms with van der Waals surface area (Å²) >= 11 is 0. The van der Waals surface area contributed by atoms with Gasteiger partial charge in [-0.15, -0.1) is 0 Å². The van der Waals surface area contributed by atoms with Crippen molar-refractivity contribution in [1.29, 1.82) is 0 Å². The fourth-order valence-electron chi connectivity index (χ4n) is 6.03. The number of carbonyl (C=O) groups excluding carboxylic acids is 1. The van der Waals surface area contributed by atoms with Gasteiger partial charge in [-0.3, -0.25) is 9.48 Å². The summed E-state index contributed by atoms with van der Waals surface area (Å²) in [7, 11) is 3.68. The van der Waals surface area contributed by atoms with E-state index in [0.29, 0.717) is 48.6 Å². The van der Waals surface area contributed by atoms with Crippen LogP contribution in [0.3, 0.4) is 0 Å². The van der Waals surface area contributed by atoms with Gasteiger partial charge in [-0.25, -0.2) is 18.7 Å². The lowest BCUT2D eigenvalue weighted by molar-refractivity contribution is 0.00528. The number of amides is 1. The molecule has 1 spiro atoms. The van der Waals surface area contributed by atoms with E-state index in [2.05, 4.69) is 37.6 Å². The van der Waals surface area contributed by atoms with Crippen LogP contribution in [0.2, 0.25) is 0 Å². The van der Waals surface area contributed by atoms with E-state index in [4.69, 9.17) is 4.74 Å². The van der Waals surface area contributed by atoms with Gasteiger partial charge >= 0.3 is 0 Å². The van der Waals surface area contributed by atoms with Crippen LogP contribution in [-0.4, -0.2) is 76.3 Å². The minimum atomic E-state index is -2.48. The van der Waals surface area contributed by atoms with Crippen LogP contribution in [-0.2, 0) is 6.54 Å². The molecule has 6 rings (SSSR count). The molecule has 1 amide bonds. The molecule has 0 atom stereocenters. The summed E-state index contributed by atoms with van der Waals surface area (Å²) in [4.78, 5) is 23.9. The van der Waals surface area contributed by atoms with Crippen LogP contribution in [0.25, 0.3) is 11.0 Å². The highest BCUT2D eigenvalue weighted by Crippen LogP contribution is 2.72. The van der Waals surface area contributed by atoms with Crippen molar-refractivity contribution in [2.75, 3.05) is 39.1 Å². The fourth-order valence-corrected chi connectivity index (χ4v) is 6.03. The average Bonchev–Trinajstić information content (AvgIpc) is 3.24. The van der Waals surface area contributed by atoms with Crippen LogP contribution < -0.4 is 15.4 Å². The number of carbonyl (C=O) groups is 1. The van der Waals surface area contributed by atoms with Crippen molar-refractivity contribution >= 4 is 22.8 Å². The first kappa shape index (κ1) is 25.0. The van der Waals surface area contributed by atoms with E-state index < -0.39 is 11.3 Å². The number of aromatic nitrogens is 4. The highest BCUT2D eigenvalue weighted by molar-refractivity contribution is 5.95. The zero-order chi connectivity index (χ0) is 26.5. The fraction of sp³-hybridized carbons (Fsp3) is 0.556. The molecule has 3 aliphatic rings. The number of methoxy groups -OCH3 is 1. The van der Waals surface area contributed by atoms with Gasteiger partial charge in [0.2, 0.25) is 0 Å². The predicted octanol–water partition coefficient (Wildman–Crippen LogP) is 3.55. The van der Waals surface area contributed by atoms with Crippen molar-refractivity contribution in [1.82, 2.24) is 30.0 Å². The molecule has 0 unspecified atom stereocenters. The zero-order valence-electron chi connectivity index (χ0n) is 21.7. The maximum absolute atomic E-state index is 13.6. The summed E-state index contributed by atoms with van der Waals surface area (Å²) in [5.41, 5.74) is 2.11. The van der Waals surface area contributed by atoms with E-state index in [1.807, 2.05) is 12.1 Å². The number of halogens is 2. The van der Waals surface area contributed by atoms with Crippen LogP contribution in [0.5, 0.6) is 5.75 Å². The number of piperidine rings is 1. The number of benzene rings is 1. The highest BCUT2D eigenvalue weighted by Gasteiger charge is 2.75. The number of rotatable bonds is 8. The molecule has 38 heavy (non-hydrogen) atoms. The number of ether oxygens (including phenoxy) is 1. The summed E-state index contributed by atoms with van der Waals surface area (Å²) in [5.74, 6) is -1.15. The second-order valence-electron chi connectivity index (χ2n) is 11.2. The number of anilines is 1. The van der Waals surface area contributed by atoms with Crippen molar-refractivity contribution < 1.29 is 18.3 Å². The number of fused-ring (bicyclic) bond motifs is 1. The van der Waals surface area contributed by atoms with E-state index >= 15 is 0 Å². The maximum Gasteiger partial charge on any atom is 0.254 e. The van der Waals surface area contributed by atoms with E-state index in [-0.39, 0.29) is 24.3 Å². The molecule has 2 N–H and O–H groups in total. The Kier molecular flexibility index (Phi) is 6.20. The Morgan fingerprint density at radius 1 is 1.21 bits per heavy atom. The second kappa shape index (κ2) is 9.44. The summed E-state index contributed by atoms with van der Waals surface area (Å²) in [6, 6.07) is 5.64. The van der Waals surface area contributed by atoms with Gasteiger partial charge in [-0.05, 0) is 63.9 Å². The minimum absolute atomic E-state index is 0.0292. The molecule has 2 saturated carbocycles. The van der Waals surface area contributed by atoms with Gasteiger partial charge in [0.25, 0.3) is 11.8 Å². The quantitative estimate of drug-likeness (QED) is 0.464. The van der Waals surface area contributed by atoms with Crippen LogP contribution >= 0.6 is 0 Å². The molecule has 1 aliphatic heterocycles. The maximum atomic E-state index is 13.6. The number of alkyl halides is 2. The molecule has 11 heteroatoms. The molecule has 0 bridgehead atoms. The lowest BCUT2D eigenvalue weighted by atomic mass is 9.71. The summed E-state index contributed by atoms with van der Waals surface area (Å²) in [5, 5.41) is 11.0. The Bertz CT molecular complexity index is 1350. The Morgan fingerprint density at radius 3 is 2.68 bits per heavy atom. The summed E-state index contributed by atoms with van der Waals surface area (Å²) in [6.07, 6.45) is 6.17. The van der Waals surface area contributed by atoms with Crippen molar-refractivity contribution in [3.8, 4) is 5.75 Å². The molecule has 3 fully saturated rings. The molecule has 2 aromatic heterocycles. The highest BCUT2D eigenvalue weighted by atomic mass is 19.3. The van der Waals surface area contributed by atoms with Crippen LogP contribution in [0.4, 0.5) is 14.6 Å². The smallest absolute Gasteiger partial charge is 0.254 e. The van der Waals surface area contributed by atoms with E-state index in [9.17, 15) is 13.6 Å². The zero-order valence-corrected chi connectivity index (χ0v) is 21.7. The second-order valence-corrected chi connectivity index (χ2v) is 11.2. The Balaban J connectivity index is 1.15. The largest absolute Gasteiger partial charge is 0.496 e. The van der Waals surface area contributed by atoms with Crippen LogP contribution in [0.15, 0.2) is 30.7 Å². The van der Waals surface area contributed by atoms with Crippen molar-refractivity contribution in [2.24, 2.45) is 11.3 Å². The molecule has 1 saturated heterocycles. The first-order valence-corrected chi connectivity index (χ1v) is 13.2. The molecule has 9 nitrogen and oxygen atoms in total. The third-order valence-electron chi connectivity index (χ3n) is 8.48. The third-order valence-corrected chi connectivity index (χ3v) is 8.48. The summed E-state index contributed by atoms with van der Waals surface area (Å²) in [6.45, 7) is 2.93. The number of hydrogen-bond donors (Lipinski definition) is 2. The first-order chi connectivity index (χ1) is 18.3. The Labute approximate surface area is 220 Å². The number of nitrogens with zero attached hydrogens (tertiary/aromatic N) is 5. The molecule has 3 heterocycles. The number of nitrogens with one attached hydrogen (secondary N) is 2. The summed E-state index contributed by atoms with van der Waals surface area (Å²) < 4.78 is 34.6. The predicted molar refractivity (Wildman–Crippen MR) is 139 cm³/mol.